The highest BCUT2D eigenvalue weighted by Crippen LogP contribution is 2.16. The molecule has 0 saturated carbocycles. The minimum absolute atomic E-state index is 0.0954. The highest BCUT2D eigenvalue weighted by atomic mass is 19.1. The number of amides is 1. The molecule has 0 aliphatic carbocycles. The zero-order valence-electron chi connectivity index (χ0n) is 10.6. The third kappa shape index (κ3) is 3.58. The van der Waals surface area contributed by atoms with E-state index in [9.17, 15) is 9.18 Å². The number of hydrogen-bond donors (Lipinski definition) is 1. The van der Waals surface area contributed by atoms with Crippen LogP contribution < -0.4 is 10.1 Å². The Morgan fingerprint density at radius 2 is 1.95 bits per heavy atom. The van der Waals surface area contributed by atoms with Crippen molar-refractivity contribution in [2.75, 3.05) is 5.32 Å². The molecule has 102 valence electrons. The largest absolute Gasteiger partial charge is 0.419 e. The third-order valence-electron chi connectivity index (χ3n) is 2.21. The standard InChI is InChI=1S/C13H11FN4O2/c1-8-3-4-11(16-5-8)20-12-7-15-10(6-17-12)18-13(19)9(2)14/h3-7H,2H2,1H3,(H,15,18,19). The fourth-order valence-corrected chi connectivity index (χ4v) is 1.24. The van der Waals surface area contributed by atoms with Gasteiger partial charge in [0.25, 0.3) is 5.91 Å². The summed E-state index contributed by atoms with van der Waals surface area (Å²) in [6, 6.07) is 3.54. The number of carbonyl (C=O) groups is 1. The zero-order valence-corrected chi connectivity index (χ0v) is 10.6. The van der Waals surface area contributed by atoms with Gasteiger partial charge in [-0.15, -0.1) is 0 Å². The van der Waals surface area contributed by atoms with Crippen molar-refractivity contribution in [3.63, 3.8) is 0 Å². The van der Waals surface area contributed by atoms with Crippen molar-refractivity contribution in [2.45, 2.75) is 6.92 Å². The zero-order chi connectivity index (χ0) is 14.5. The number of pyridine rings is 1. The molecule has 0 aliphatic rings. The molecule has 2 aromatic rings. The molecule has 0 fully saturated rings. The van der Waals surface area contributed by atoms with Crippen LogP contribution in [0.2, 0.25) is 0 Å². The summed E-state index contributed by atoms with van der Waals surface area (Å²) in [5.74, 6) is -1.39. The number of nitrogens with zero attached hydrogens (tertiary/aromatic N) is 3. The Hall–Kier alpha value is -2.83. The van der Waals surface area contributed by atoms with Crippen LogP contribution in [0.1, 0.15) is 5.56 Å². The maximum absolute atomic E-state index is 12.5. The molecule has 0 saturated heterocycles. The minimum atomic E-state index is -1.10. The molecule has 0 radical (unpaired) electrons. The van der Waals surface area contributed by atoms with E-state index in [2.05, 4.69) is 26.8 Å². The summed E-state index contributed by atoms with van der Waals surface area (Å²) in [6.07, 6.45) is 4.19. The molecule has 20 heavy (non-hydrogen) atoms. The van der Waals surface area contributed by atoms with Gasteiger partial charge in [-0.1, -0.05) is 12.6 Å². The van der Waals surface area contributed by atoms with E-state index in [0.29, 0.717) is 5.88 Å². The summed E-state index contributed by atoms with van der Waals surface area (Å²) in [6.45, 7) is 4.78. The molecule has 0 atom stereocenters. The van der Waals surface area contributed by atoms with E-state index in [1.807, 2.05) is 13.0 Å². The highest BCUT2D eigenvalue weighted by molar-refractivity contribution is 6.00. The fraction of sp³-hybridized carbons (Fsp3) is 0.0769. The van der Waals surface area contributed by atoms with Gasteiger partial charge in [-0.25, -0.2) is 19.3 Å². The topological polar surface area (TPSA) is 77.0 Å². The van der Waals surface area contributed by atoms with Gasteiger partial charge in [0.2, 0.25) is 11.8 Å². The van der Waals surface area contributed by atoms with Crippen molar-refractivity contribution in [3.8, 4) is 11.8 Å². The Kier molecular flexibility index (Phi) is 3.99. The molecular formula is C13H11FN4O2. The second-order valence-corrected chi connectivity index (χ2v) is 3.87. The van der Waals surface area contributed by atoms with Gasteiger partial charge in [-0.3, -0.25) is 4.79 Å². The Morgan fingerprint density at radius 3 is 2.50 bits per heavy atom. The van der Waals surface area contributed by atoms with Crippen molar-refractivity contribution in [1.29, 1.82) is 0 Å². The molecule has 6 nitrogen and oxygen atoms in total. The van der Waals surface area contributed by atoms with Crippen LogP contribution in [0.5, 0.6) is 11.8 Å². The number of anilines is 1. The second-order valence-electron chi connectivity index (χ2n) is 3.87. The predicted octanol–water partition coefficient (Wildman–Crippen LogP) is 2.39. The van der Waals surface area contributed by atoms with Crippen LogP contribution in [0, 0.1) is 6.92 Å². The number of hydrogen-bond acceptors (Lipinski definition) is 5. The summed E-state index contributed by atoms with van der Waals surface area (Å²) in [7, 11) is 0. The number of aryl methyl sites for hydroxylation is 1. The maximum Gasteiger partial charge on any atom is 0.284 e. The SMILES string of the molecule is C=C(F)C(=O)Nc1cnc(Oc2ccc(C)cn2)cn1. The molecule has 0 spiro atoms. The normalized spacial score (nSPS) is 9.90. The summed E-state index contributed by atoms with van der Waals surface area (Å²) in [5, 5.41) is 2.18. The number of ether oxygens (including phenoxy) is 1. The van der Waals surface area contributed by atoms with Gasteiger partial charge < -0.3 is 10.1 Å². The second kappa shape index (κ2) is 5.87. The van der Waals surface area contributed by atoms with Crippen molar-refractivity contribution in [3.05, 3.63) is 48.7 Å². The first-order valence-electron chi connectivity index (χ1n) is 5.63. The van der Waals surface area contributed by atoms with Gasteiger partial charge in [0.1, 0.15) is 0 Å². The Labute approximate surface area is 114 Å². The Balaban J connectivity index is 2.03. The number of nitrogens with one attached hydrogen (secondary N) is 1. The maximum atomic E-state index is 12.5. The summed E-state index contributed by atoms with van der Waals surface area (Å²) in [5.41, 5.74) is 1.01. The van der Waals surface area contributed by atoms with Gasteiger partial charge in [-0.05, 0) is 12.5 Å². The Bertz CT molecular complexity index is 626. The van der Waals surface area contributed by atoms with E-state index >= 15 is 0 Å². The van der Waals surface area contributed by atoms with E-state index in [-0.39, 0.29) is 11.7 Å². The molecule has 2 heterocycles. The lowest BCUT2D eigenvalue weighted by Gasteiger charge is -2.05. The quantitative estimate of drug-likeness (QED) is 0.866. The van der Waals surface area contributed by atoms with Gasteiger partial charge >= 0.3 is 0 Å². The predicted molar refractivity (Wildman–Crippen MR) is 70.0 cm³/mol. The van der Waals surface area contributed by atoms with Crippen LogP contribution in [0.4, 0.5) is 10.2 Å². The number of aromatic nitrogens is 3. The third-order valence-corrected chi connectivity index (χ3v) is 2.21. The minimum Gasteiger partial charge on any atom is -0.419 e. The molecule has 0 aliphatic heterocycles. The van der Waals surface area contributed by atoms with Crippen LogP contribution in [0.3, 0.4) is 0 Å². The van der Waals surface area contributed by atoms with Crippen molar-refractivity contribution < 1.29 is 13.9 Å². The molecule has 2 rings (SSSR count). The van der Waals surface area contributed by atoms with Crippen LogP contribution in [0.15, 0.2) is 43.1 Å². The van der Waals surface area contributed by atoms with E-state index < -0.39 is 11.7 Å². The van der Waals surface area contributed by atoms with E-state index in [1.54, 1.807) is 12.3 Å². The van der Waals surface area contributed by atoms with Crippen LogP contribution >= 0.6 is 0 Å². The van der Waals surface area contributed by atoms with Crippen molar-refractivity contribution in [1.82, 2.24) is 15.0 Å². The van der Waals surface area contributed by atoms with Gasteiger partial charge in [-0.2, -0.15) is 0 Å². The average molecular weight is 274 g/mol. The first-order valence-corrected chi connectivity index (χ1v) is 5.63. The van der Waals surface area contributed by atoms with Crippen LogP contribution in [-0.4, -0.2) is 20.9 Å². The Morgan fingerprint density at radius 1 is 1.20 bits per heavy atom. The monoisotopic (exact) mass is 274 g/mol. The van der Waals surface area contributed by atoms with Crippen LogP contribution in [0.25, 0.3) is 0 Å². The van der Waals surface area contributed by atoms with Crippen molar-refractivity contribution in [2.24, 2.45) is 0 Å². The van der Waals surface area contributed by atoms with Gasteiger partial charge in [0, 0.05) is 12.3 Å². The summed E-state index contributed by atoms with van der Waals surface area (Å²) in [4.78, 5) is 22.8. The molecule has 1 N–H and O–H groups in total. The first-order chi connectivity index (χ1) is 9.54. The fourth-order valence-electron chi connectivity index (χ4n) is 1.24. The lowest BCUT2D eigenvalue weighted by Crippen LogP contribution is -2.12. The molecule has 7 heteroatoms. The number of rotatable bonds is 4. The number of carbonyl (C=O) groups excluding carboxylic acids is 1. The van der Waals surface area contributed by atoms with Crippen LogP contribution in [-0.2, 0) is 4.79 Å². The smallest absolute Gasteiger partial charge is 0.284 e. The average Bonchev–Trinajstić information content (AvgIpc) is 2.43. The van der Waals surface area contributed by atoms with Crippen molar-refractivity contribution >= 4 is 11.7 Å². The molecular weight excluding hydrogens is 263 g/mol. The van der Waals surface area contributed by atoms with Gasteiger partial charge in [0.05, 0.1) is 12.4 Å². The van der Waals surface area contributed by atoms with E-state index in [4.69, 9.17) is 4.74 Å². The molecule has 0 unspecified atom stereocenters. The lowest BCUT2D eigenvalue weighted by molar-refractivity contribution is -0.114. The van der Waals surface area contributed by atoms with Gasteiger partial charge in [0.15, 0.2) is 11.6 Å². The highest BCUT2D eigenvalue weighted by Gasteiger charge is 2.07. The molecule has 2 aromatic heterocycles. The molecule has 0 aromatic carbocycles. The molecule has 1 amide bonds. The molecule has 0 bridgehead atoms. The van der Waals surface area contributed by atoms with E-state index in [0.717, 1.165) is 5.56 Å². The lowest BCUT2D eigenvalue weighted by atomic mass is 10.3. The first kappa shape index (κ1) is 13.6. The summed E-state index contributed by atoms with van der Waals surface area (Å²) >= 11 is 0. The summed E-state index contributed by atoms with van der Waals surface area (Å²) < 4.78 is 17.8. The number of halogens is 1. The van der Waals surface area contributed by atoms with E-state index in [1.165, 1.54) is 12.4 Å².